The zero-order valence-corrected chi connectivity index (χ0v) is 14.1. The van der Waals surface area contributed by atoms with Crippen molar-refractivity contribution in [3.05, 3.63) is 35.2 Å². The molecule has 4 heteroatoms. The van der Waals surface area contributed by atoms with Crippen LogP contribution >= 0.6 is 11.3 Å². The van der Waals surface area contributed by atoms with E-state index in [9.17, 15) is 4.79 Å². The van der Waals surface area contributed by atoms with Crippen LogP contribution in [0.2, 0.25) is 0 Å². The number of carbonyl (C=O) groups excluding carboxylic acids is 1. The lowest BCUT2D eigenvalue weighted by molar-refractivity contribution is -0.122. The first-order valence-corrected chi connectivity index (χ1v) is 9.58. The Morgan fingerprint density at radius 1 is 1.22 bits per heavy atom. The van der Waals surface area contributed by atoms with Crippen LogP contribution in [0.4, 0.5) is 0 Å². The SMILES string of the molecule is NC1CC2CCCC(C1)C2NC(=O)Cc1csc2ccccc12. The molecule has 2 bridgehead atoms. The minimum absolute atomic E-state index is 0.172. The molecule has 3 nitrogen and oxygen atoms in total. The maximum Gasteiger partial charge on any atom is 0.224 e. The van der Waals surface area contributed by atoms with Crippen LogP contribution in [0.5, 0.6) is 0 Å². The monoisotopic (exact) mass is 328 g/mol. The Bertz CT molecular complexity index is 696. The molecule has 1 aromatic carbocycles. The molecule has 2 fully saturated rings. The van der Waals surface area contributed by atoms with Crippen LogP contribution in [0.25, 0.3) is 10.1 Å². The lowest BCUT2D eigenvalue weighted by Crippen LogP contribution is -2.54. The number of fused-ring (bicyclic) bond motifs is 3. The van der Waals surface area contributed by atoms with E-state index in [2.05, 4.69) is 28.9 Å². The van der Waals surface area contributed by atoms with E-state index in [0.29, 0.717) is 30.3 Å². The third kappa shape index (κ3) is 3.02. The lowest BCUT2D eigenvalue weighted by atomic mass is 9.67. The summed E-state index contributed by atoms with van der Waals surface area (Å²) in [5, 5.41) is 6.70. The predicted octanol–water partition coefficient (Wildman–Crippen LogP) is 3.47. The Hall–Kier alpha value is -1.39. The van der Waals surface area contributed by atoms with Crippen LogP contribution < -0.4 is 11.1 Å². The van der Waals surface area contributed by atoms with E-state index in [4.69, 9.17) is 5.73 Å². The molecule has 2 unspecified atom stereocenters. The van der Waals surface area contributed by atoms with E-state index >= 15 is 0 Å². The molecule has 23 heavy (non-hydrogen) atoms. The van der Waals surface area contributed by atoms with Gasteiger partial charge in [0.1, 0.15) is 0 Å². The van der Waals surface area contributed by atoms with E-state index in [1.165, 1.54) is 29.3 Å². The summed E-state index contributed by atoms with van der Waals surface area (Å²) in [5.74, 6) is 1.34. The molecule has 0 radical (unpaired) electrons. The highest BCUT2D eigenvalue weighted by Crippen LogP contribution is 2.39. The molecule has 2 atom stereocenters. The maximum absolute atomic E-state index is 12.6. The quantitative estimate of drug-likeness (QED) is 0.906. The van der Waals surface area contributed by atoms with Gasteiger partial charge in [-0.25, -0.2) is 0 Å². The standard InChI is InChI=1S/C19H24N2OS/c20-15-8-12-4-3-5-13(9-15)19(12)21-18(22)10-14-11-23-17-7-2-1-6-16(14)17/h1-2,6-7,11-13,15,19H,3-5,8-10,20H2,(H,21,22). The normalized spacial score (nSPS) is 30.3. The molecule has 3 N–H and O–H groups in total. The average molecular weight is 328 g/mol. The highest BCUT2D eigenvalue weighted by atomic mass is 32.1. The Morgan fingerprint density at radius 2 is 1.96 bits per heavy atom. The van der Waals surface area contributed by atoms with Crippen LogP contribution in [0.1, 0.15) is 37.7 Å². The molecule has 1 heterocycles. The fourth-order valence-corrected chi connectivity index (χ4v) is 5.57. The van der Waals surface area contributed by atoms with Crippen molar-refractivity contribution in [1.29, 1.82) is 0 Å². The minimum Gasteiger partial charge on any atom is -0.353 e. The van der Waals surface area contributed by atoms with Crippen LogP contribution in [0.15, 0.2) is 29.6 Å². The van der Waals surface area contributed by atoms with E-state index in [0.717, 1.165) is 18.4 Å². The Kier molecular flexibility index (Phi) is 4.12. The van der Waals surface area contributed by atoms with Gasteiger partial charge >= 0.3 is 0 Å². The predicted molar refractivity (Wildman–Crippen MR) is 95.5 cm³/mol. The van der Waals surface area contributed by atoms with Crippen molar-refractivity contribution in [3.8, 4) is 0 Å². The first-order chi connectivity index (χ1) is 11.2. The molecule has 2 aromatic rings. The molecule has 2 aliphatic carbocycles. The van der Waals surface area contributed by atoms with Crippen molar-refractivity contribution in [2.75, 3.05) is 0 Å². The summed E-state index contributed by atoms with van der Waals surface area (Å²) in [6, 6.07) is 9.01. The van der Waals surface area contributed by atoms with E-state index in [-0.39, 0.29) is 5.91 Å². The Balaban J connectivity index is 1.46. The second kappa shape index (κ2) is 6.25. The van der Waals surface area contributed by atoms with Crippen LogP contribution in [-0.2, 0) is 11.2 Å². The van der Waals surface area contributed by atoms with Crippen molar-refractivity contribution in [2.24, 2.45) is 17.6 Å². The second-order valence-corrected chi connectivity index (χ2v) is 8.12. The van der Waals surface area contributed by atoms with Gasteiger partial charge < -0.3 is 11.1 Å². The molecule has 0 spiro atoms. The van der Waals surface area contributed by atoms with Gasteiger partial charge in [0.15, 0.2) is 0 Å². The van der Waals surface area contributed by atoms with Gasteiger partial charge in [-0.3, -0.25) is 4.79 Å². The second-order valence-electron chi connectivity index (χ2n) is 7.21. The van der Waals surface area contributed by atoms with Gasteiger partial charge in [0.25, 0.3) is 0 Å². The number of nitrogens with one attached hydrogen (secondary N) is 1. The van der Waals surface area contributed by atoms with Crippen molar-refractivity contribution in [2.45, 2.75) is 50.6 Å². The summed E-state index contributed by atoms with van der Waals surface area (Å²) in [6.07, 6.45) is 6.37. The zero-order chi connectivity index (χ0) is 15.8. The third-order valence-electron chi connectivity index (χ3n) is 5.62. The molecule has 1 aromatic heterocycles. The summed E-state index contributed by atoms with van der Waals surface area (Å²) in [4.78, 5) is 12.6. The summed E-state index contributed by atoms with van der Waals surface area (Å²) >= 11 is 1.72. The molecule has 4 rings (SSSR count). The largest absolute Gasteiger partial charge is 0.353 e. The molecule has 122 valence electrons. The fourth-order valence-electron chi connectivity index (χ4n) is 4.60. The topological polar surface area (TPSA) is 55.1 Å². The van der Waals surface area contributed by atoms with Crippen molar-refractivity contribution >= 4 is 27.3 Å². The average Bonchev–Trinajstić information content (AvgIpc) is 2.91. The number of rotatable bonds is 3. The number of hydrogen-bond acceptors (Lipinski definition) is 3. The number of benzene rings is 1. The molecular formula is C19H24N2OS. The summed E-state index contributed by atoms with van der Waals surface area (Å²) in [7, 11) is 0. The van der Waals surface area contributed by atoms with Gasteiger partial charge in [0, 0.05) is 16.8 Å². The number of carbonyl (C=O) groups is 1. The summed E-state index contributed by atoms with van der Waals surface area (Å²) < 4.78 is 1.26. The van der Waals surface area contributed by atoms with E-state index in [1.54, 1.807) is 11.3 Å². The van der Waals surface area contributed by atoms with Gasteiger partial charge in [-0.05, 0) is 59.9 Å². The van der Waals surface area contributed by atoms with Gasteiger partial charge in [0.05, 0.1) is 6.42 Å². The minimum atomic E-state index is 0.172. The highest BCUT2D eigenvalue weighted by Gasteiger charge is 2.39. The van der Waals surface area contributed by atoms with Crippen molar-refractivity contribution < 1.29 is 4.79 Å². The van der Waals surface area contributed by atoms with Crippen molar-refractivity contribution in [1.82, 2.24) is 5.32 Å². The van der Waals surface area contributed by atoms with E-state index in [1.807, 2.05) is 6.07 Å². The molecular weight excluding hydrogens is 304 g/mol. The van der Waals surface area contributed by atoms with Crippen LogP contribution in [0.3, 0.4) is 0 Å². The van der Waals surface area contributed by atoms with Gasteiger partial charge in [-0.1, -0.05) is 24.6 Å². The van der Waals surface area contributed by atoms with Crippen LogP contribution in [-0.4, -0.2) is 18.0 Å². The highest BCUT2D eigenvalue weighted by molar-refractivity contribution is 7.17. The number of thiophene rings is 1. The zero-order valence-electron chi connectivity index (χ0n) is 13.3. The Labute approximate surface area is 141 Å². The van der Waals surface area contributed by atoms with E-state index < -0.39 is 0 Å². The lowest BCUT2D eigenvalue weighted by Gasteiger charge is -2.45. The number of hydrogen-bond donors (Lipinski definition) is 2. The Morgan fingerprint density at radius 3 is 2.74 bits per heavy atom. The molecule has 0 saturated heterocycles. The maximum atomic E-state index is 12.6. The third-order valence-corrected chi connectivity index (χ3v) is 6.63. The molecule has 2 saturated carbocycles. The first-order valence-electron chi connectivity index (χ1n) is 8.71. The number of nitrogens with two attached hydrogens (primary N) is 1. The van der Waals surface area contributed by atoms with Crippen LogP contribution in [0, 0.1) is 11.8 Å². The van der Waals surface area contributed by atoms with Gasteiger partial charge in [0.2, 0.25) is 5.91 Å². The molecule has 1 amide bonds. The fraction of sp³-hybridized carbons (Fsp3) is 0.526. The first kappa shape index (κ1) is 15.2. The number of amides is 1. The van der Waals surface area contributed by atoms with Crippen molar-refractivity contribution in [3.63, 3.8) is 0 Å². The summed E-state index contributed by atoms with van der Waals surface area (Å²) in [6.45, 7) is 0. The summed E-state index contributed by atoms with van der Waals surface area (Å²) in [5.41, 5.74) is 7.33. The molecule has 2 aliphatic rings. The molecule has 0 aliphatic heterocycles. The van der Waals surface area contributed by atoms with Gasteiger partial charge in [-0.15, -0.1) is 11.3 Å². The smallest absolute Gasteiger partial charge is 0.224 e. The van der Waals surface area contributed by atoms with Gasteiger partial charge in [-0.2, -0.15) is 0 Å².